The predicted molar refractivity (Wildman–Crippen MR) is 106 cm³/mol. The van der Waals surface area contributed by atoms with Crippen molar-refractivity contribution in [2.75, 3.05) is 7.05 Å². The number of rotatable bonds is 6. The number of aliphatic imine (C=N–C) groups is 1. The molecular formula is C22H22F3N3O2. The molecule has 8 heteroatoms. The third-order valence-electron chi connectivity index (χ3n) is 5.75. The molecule has 158 valence electrons. The van der Waals surface area contributed by atoms with E-state index in [1.165, 1.54) is 36.2 Å². The highest BCUT2D eigenvalue weighted by atomic mass is 19.3. The van der Waals surface area contributed by atoms with Crippen LogP contribution in [0.15, 0.2) is 41.4 Å². The van der Waals surface area contributed by atoms with Gasteiger partial charge in [0, 0.05) is 7.05 Å². The minimum Gasteiger partial charge on any atom is -0.435 e. The first kappa shape index (κ1) is 20.3. The van der Waals surface area contributed by atoms with Crippen LogP contribution in [0, 0.1) is 5.82 Å². The van der Waals surface area contributed by atoms with Gasteiger partial charge in [0.15, 0.2) is 11.5 Å². The number of nitrogens with two attached hydrogens (primary N) is 1. The highest BCUT2D eigenvalue weighted by Crippen LogP contribution is 2.45. The summed E-state index contributed by atoms with van der Waals surface area (Å²) in [6, 6.07) is 9.12. The van der Waals surface area contributed by atoms with E-state index in [1.807, 2.05) is 0 Å². The number of benzene rings is 2. The fourth-order valence-corrected chi connectivity index (χ4v) is 3.95. The summed E-state index contributed by atoms with van der Waals surface area (Å²) in [7, 11) is 1.52. The smallest absolute Gasteiger partial charge is 0.387 e. The van der Waals surface area contributed by atoms with Gasteiger partial charge in [-0.05, 0) is 71.7 Å². The molecule has 1 unspecified atom stereocenters. The lowest BCUT2D eigenvalue weighted by Gasteiger charge is -2.27. The van der Waals surface area contributed by atoms with Crippen LogP contribution in [0.1, 0.15) is 47.9 Å². The van der Waals surface area contributed by atoms with Gasteiger partial charge in [0.2, 0.25) is 0 Å². The number of nitrogens with zero attached hydrogens (tertiary/aromatic N) is 2. The number of alkyl halides is 2. The van der Waals surface area contributed by atoms with Crippen LogP contribution in [0.3, 0.4) is 0 Å². The van der Waals surface area contributed by atoms with Gasteiger partial charge < -0.3 is 10.5 Å². The number of halogens is 3. The minimum atomic E-state index is -2.96. The summed E-state index contributed by atoms with van der Waals surface area (Å²) in [6.07, 6.45) is 2.20. The quantitative estimate of drug-likeness (QED) is 0.775. The predicted octanol–water partition coefficient (Wildman–Crippen LogP) is 3.90. The normalized spacial score (nSPS) is 21.3. The second-order valence-corrected chi connectivity index (χ2v) is 7.61. The standard InChI is InChI=1S/C22H22F3N3O2/c1-3-12-10-14(7-9-18(12)30-20(24)25)22(19(29)28(2)21(26)27-22)15-6-8-17(23)16(11-15)13-4-5-13/h6-11,13,20H,3-5H2,1-2H3,(H2,26,27). The maximum Gasteiger partial charge on any atom is 0.387 e. The van der Waals surface area contributed by atoms with Crippen LogP contribution < -0.4 is 10.5 Å². The summed E-state index contributed by atoms with van der Waals surface area (Å²) in [5, 5.41) is 0. The van der Waals surface area contributed by atoms with Crippen LogP contribution in [0.5, 0.6) is 5.75 Å². The number of hydrogen-bond donors (Lipinski definition) is 1. The number of carbonyl (C=O) groups is 1. The first-order valence-electron chi connectivity index (χ1n) is 9.79. The summed E-state index contributed by atoms with van der Waals surface area (Å²) in [4.78, 5) is 19.1. The van der Waals surface area contributed by atoms with Gasteiger partial charge in [-0.2, -0.15) is 8.78 Å². The monoisotopic (exact) mass is 417 g/mol. The number of carbonyl (C=O) groups excluding carboxylic acids is 1. The Bertz CT molecular complexity index is 1040. The number of hydrogen-bond acceptors (Lipinski definition) is 4. The van der Waals surface area contributed by atoms with Crippen LogP contribution in [-0.4, -0.2) is 30.4 Å². The van der Waals surface area contributed by atoms with E-state index in [0.29, 0.717) is 28.7 Å². The molecule has 2 aliphatic rings. The van der Waals surface area contributed by atoms with Crippen molar-refractivity contribution in [3.05, 3.63) is 64.5 Å². The third-order valence-corrected chi connectivity index (χ3v) is 5.75. The SMILES string of the molecule is CCc1cc(C2(c3ccc(F)c(C4CC4)c3)N=C(N)N(C)C2=O)ccc1OC(F)F. The first-order chi connectivity index (χ1) is 14.3. The van der Waals surface area contributed by atoms with Crippen molar-refractivity contribution in [1.82, 2.24) is 4.90 Å². The van der Waals surface area contributed by atoms with E-state index in [4.69, 9.17) is 5.73 Å². The van der Waals surface area contributed by atoms with E-state index in [0.717, 1.165) is 12.8 Å². The van der Waals surface area contributed by atoms with Gasteiger partial charge in [-0.15, -0.1) is 0 Å². The Kier molecular flexibility index (Phi) is 4.95. The minimum absolute atomic E-state index is 0.0308. The summed E-state index contributed by atoms with van der Waals surface area (Å²) < 4.78 is 44.5. The van der Waals surface area contributed by atoms with E-state index in [9.17, 15) is 18.0 Å². The highest BCUT2D eigenvalue weighted by Gasteiger charge is 2.50. The maximum absolute atomic E-state index is 14.4. The number of guanidine groups is 1. The Labute approximate surface area is 172 Å². The van der Waals surface area contributed by atoms with Gasteiger partial charge >= 0.3 is 6.61 Å². The second kappa shape index (κ2) is 7.34. The average Bonchev–Trinajstić information content (AvgIpc) is 3.53. The molecule has 5 nitrogen and oxygen atoms in total. The van der Waals surface area contributed by atoms with Crippen molar-refractivity contribution in [3.63, 3.8) is 0 Å². The van der Waals surface area contributed by atoms with E-state index in [2.05, 4.69) is 9.73 Å². The molecular weight excluding hydrogens is 395 g/mol. The second-order valence-electron chi connectivity index (χ2n) is 7.61. The Morgan fingerprint density at radius 2 is 1.90 bits per heavy atom. The van der Waals surface area contributed by atoms with Crippen LogP contribution in [0.4, 0.5) is 13.2 Å². The molecule has 2 N–H and O–H groups in total. The van der Waals surface area contributed by atoms with Crippen molar-refractivity contribution in [2.45, 2.75) is 44.3 Å². The Hall–Kier alpha value is -3.03. The van der Waals surface area contributed by atoms with Crippen molar-refractivity contribution in [3.8, 4) is 5.75 Å². The van der Waals surface area contributed by atoms with Crippen LogP contribution in [0.25, 0.3) is 0 Å². The molecule has 0 saturated heterocycles. The summed E-state index contributed by atoms with van der Waals surface area (Å²) in [6.45, 7) is -1.16. The van der Waals surface area contributed by atoms with Crippen molar-refractivity contribution in [1.29, 1.82) is 0 Å². The van der Waals surface area contributed by atoms with Gasteiger partial charge in [0.05, 0.1) is 0 Å². The van der Waals surface area contributed by atoms with Crippen LogP contribution in [-0.2, 0) is 16.8 Å². The van der Waals surface area contributed by atoms with Crippen LogP contribution in [0.2, 0.25) is 0 Å². The molecule has 1 aliphatic carbocycles. The zero-order valence-corrected chi connectivity index (χ0v) is 16.7. The van der Waals surface area contributed by atoms with Gasteiger partial charge in [0.25, 0.3) is 5.91 Å². The van der Waals surface area contributed by atoms with Crippen molar-refractivity contribution >= 4 is 11.9 Å². The molecule has 30 heavy (non-hydrogen) atoms. The summed E-state index contributed by atoms with van der Waals surface area (Å²) >= 11 is 0. The largest absolute Gasteiger partial charge is 0.435 e. The van der Waals surface area contributed by atoms with Crippen molar-refractivity contribution in [2.24, 2.45) is 10.7 Å². The van der Waals surface area contributed by atoms with Gasteiger partial charge in [-0.1, -0.05) is 19.1 Å². The van der Waals surface area contributed by atoms with E-state index in [-0.39, 0.29) is 23.4 Å². The molecule has 2 aromatic carbocycles. The summed E-state index contributed by atoms with van der Waals surface area (Å²) in [5.41, 5.74) is 6.49. The molecule has 1 amide bonds. The fourth-order valence-electron chi connectivity index (χ4n) is 3.95. The Morgan fingerprint density at radius 1 is 1.23 bits per heavy atom. The molecule has 2 aromatic rings. The van der Waals surface area contributed by atoms with E-state index in [1.54, 1.807) is 19.1 Å². The van der Waals surface area contributed by atoms with E-state index >= 15 is 0 Å². The first-order valence-corrected chi connectivity index (χ1v) is 9.79. The summed E-state index contributed by atoms with van der Waals surface area (Å²) in [5.74, 6) is -0.506. The average molecular weight is 417 g/mol. The molecule has 0 bridgehead atoms. The highest BCUT2D eigenvalue weighted by molar-refractivity contribution is 6.09. The molecule has 1 heterocycles. The Balaban J connectivity index is 1.91. The molecule has 4 rings (SSSR count). The molecule has 1 fully saturated rings. The lowest BCUT2D eigenvalue weighted by atomic mass is 9.81. The topological polar surface area (TPSA) is 67.9 Å². The van der Waals surface area contributed by atoms with Crippen molar-refractivity contribution < 1.29 is 22.7 Å². The van der Waals surface area contributed by atoms with E-state index < -0.39 is 18.1 Å². The van der Waals surface area contributed by atoms with Crippen LogP contribution >= 0.6 is 0 Å². The number of aryl methyl sites for hydroxylation is 1. The molecule has 0 radical (unpaired) electrons. The van der Waals surface area contributed by atoms with Gasteiger partial charge in [-0.3, -0.25) is 9.69 Å². The number of amides is 1. The molecule has 1 saturated carbocycles. The zero-order chi connectivity index (χ0) is 21.6. The molecule has 1 atom stereocenters. The lowest BCUT2D eigenvalue weighted by Crippen LogP contribution is -2.41. The number of ether oxygens (including phenoxy) is 1. The third kappa shape index (κ3) is 3.20. The molecule has 0 spiro atoms. The van der Waals surface area contributed by atoms with Gasteiger partial charge in [-0.25, -0.2) is 9.38 Å². The maximum atomic E-state index is 14.4. The Morgan fingerprint density at radius 3 is 2.47 bits per heavy atom. The fraction of sp³-hybridized carbons (Fsp3) is 0.364. The molecule has 1 aliphatic heterocycles. The molecule has 0 aromatic heterocycles. The zero-order valence-electron chi connectivity index (χ0n) is 16.7. The lowest BCUT2D eigenvalue weighted by molar-refractivity contribution is -0.129. The number of likely N-dealkylation sites (N-methyl/N-ethyl adjacent to an activating group) is 1. The van der Waals surface area contributed by atoms with Gasteiger partial charge in [0.1, 0.15) is 11.6 Å².